The molecule has 0 aliphatic carbocycles. The lowest BCUT2D eigenvalue weighted by atomic mass is 10.1. The van der Waals surface area contributed by atoms with E-state index < -0.39 is 11.9 Å². The Bertz CT molecular complexity index is 478. The normalized spacial score (nSPS) is 19.6. The van der Waals surface area contributed by atoms with E-state index in [2.05, 4.69) is 0 Å². The number of hydrogen-bond acceptors (Lipinski definition) is 4. The first-order valence-electron chi connectivity index (χ1n) is 5.52. The van der Waals surface area contributed by atoms with Crippen molar-refractivity contribution in [1.29, 1.82) is 0 Å². The molecule has 0 radical (unpaired) electrons. The maximum absolute atomic E-state index is 11.4. The van der Waals surface area contributed by atoms with Crippen molar-refractivity contribution in [2.75, 3.05) is 24.7 Å². The average Bonchev–Trinajstić information content (AvgIpc) is 2.38. The van der Waals surface area contributed by atoms with Crippen LogP contribution in [0.5, 0.6) is 0 Å². The zero-order valence-corrected chi connectivity index (χ0v) is 10.4. The van der Waals surface area contributed by atoms with Crippen molar-refractivity contribution in [1.82, 2.24) is 0 Å². The van der Waals surface area contributed by atoms with E-state index in [-0.39, 0.29) is 6.61 Å². The van der Waals surface area contributed by atoms with Crippen molar-refractivity contribution in [3.05, 3.63) is 28.8 Å². The number of hydrogen-bond donors (Lipinski definition) is 1. The number of ether oxygens (including phenoxy) is 1. The molecule has 18 heavy (non-hydrogen) atoms. The standard InChI is InChI=1S/C12H13ClN2O3/c13-9-1-2-10(8(5-9)6-16)15-3-4-18-7-11(15)12(14)17/h1-2,5-6,11H,3-4,7H2,(H2,14,17). The molecule has 1 aliphatic heterocycles. The molecule has 0 spiro atoms. The summed E-state index contributed by atoms with van der Waals surface area (Å²) in [5.41, 5.74) is 6.44. The molecule has 1 fully saturated rings. The van der Waals surface area contributed by atoms with E-state index in [0.717, 1.165) is 0 Å². The second-order valence-corrected chi connectivity index (χ2v) is 4.44. The second-order valence-electron chi connectivity index (χ2n) is 4.01. The Balaban J connectivity index is 2.39. The molecule has 1 aromatic rings. The van der Waals surface area contributed by atoms with Gasteiger partial charge in [0.15, 0.2) is 6.29 Å². The molecule has 2 rings (SSSR count). The van der Waals surface area contributed by atoms with E-state index in [1.54, 1.807) is 23.1 Å². The van der Waals surface area contributed by atoms with Gasteiger partial charge < -0.3 is 15.4 Å². The quantitative estimate of drug-likeness (QED) is 0.825. The molecular formula is C12H13ClN2O3. The highest BCUT2D eigenvalue weighted by molar-refractivity contribution is 6.31. The molecule has 1 unspecified atom stereocenters. The molecule has 2 N–H and O–H groups in total. The van der Waals surface area contributed by atoms with Crippen molar-refractivity contribution in [3.8, 4) is 0 Å². The molecule has 1 aliphatic rings. The number of carbonyl (C=O) groups excluding carboxylic acids is 2. The van der Waals surface area contributed by atoms with Crippen LogP contribution in [0.25, 0.3) is 0 Å². The van der Waals surface area contributed by atoms with E-state index >= 15 is 0 Å². The lowest BCUT2D eigenvalue weighted by Gasteiger charge is -2.36. The molecule has 0 bridgehead atoms. The van der Waals surface area contributed by atoms with E-state index in [1.165, 1.54) is 0 Å². The van der Waals surface area contributed by atoms with Gasteiger partial charge in [0, 0.05) is 22.8 Å². The van der Waals surface area contributed by atoms with Gasteiger partial charge >= 0.3 is 0 Å². The van der Waals surface area contributed by atoms with Crippen LogP contribution in [0.4, 0.5) is 5.69 Å². The highest BCUT2D eigenvalue weighted by Crippen LogP contribution is 2.26. The molecule has 0 saturated carbocycles. The Morgan fingerprint density at radius 2 is 2.33 bits per heavy atom. The minimum atomic E-state index is -0.557. The van der Waals surface area contributed by atoms with Crippen LogP contribution >= 0.6 is 11.6 Å². The Labute approximate surface area is 109 Å². The van der Waals surface area contributed by atoms with Crippen molar-refractivity contribution in [3.63, 3.8) is 0 Å². The third-order valence-electron chi connectivity index (χ3n) is 2.88. The Morgan fingerprint density at radius 3 is 3.00 bits per heavy atom. The van der Waals surface area contributed by atoms with Crippen molar-refractivity contribution in [2.24, 2.45) is 5.73 Å². The Kier molecular flexibility index (Phi) is 3.84. The van der Waals surface area contributed by atoms with Crippen LogP contribution in [0, 0.1) is 0 Å². The van der Waals surface area contributed by atoms with Gasteiger partial charge in [0.2, 0.25) is 5.91 Å². The lowest BCUT2D eigenvalue weighted by Crippen LogP contribution is -2.53. The zero-order chi connectivity index (χ0) is 13.1. The van der Waals surface area contributed by atoms with E-state index in [1.807, 2.05) is 0 Å². The second kappa shape index (κ2) is 5.37. The van der Waals surface area contributed by atoms with E-state index in [4.69, 9.17) is 22.1 Å². The van der Waals surface area contributed by atoms with Gasteiger partial charge in [-0.15, -0.1) is 0 Å². The molecule has 96 valence electrons. The van der Waals surface area contributed by atoms with Gasteiger partial charge in [-0.1, -0.05) is 11.6 Å². The number of primary amides is 1. The van der Waals surface area contributed by atoms with Crippen LogP contribution in [0.2, 0.25) is 5.02 Å². The predicted molar refractivity (Wildman–Crippen MR) is 68.0 cm³/mol. The van der Waals surface area contributed by atoms with Gasteiger partial charge in [0.1, 0.15) is 6.04 Å². The Morgan fingerprint density at radius 1 is 1.56 bits per heavy atom. The van der Waals surface area contributed by atoms with Crippen LogP contribution in [-0.4, -0.2) is 38.0 Å². The Hall–Kier alpha value is -1.59. The topological polar surface area (TPSA) is 72.6 Å². The first-order valence-corrected chi connectivity index (χ1v) is 5.89. The van der Waals surface area contributed by atoms with Crippen molar-refractivity contribution >= 4 is 29.5 Å². The van der Waals surface area contributed by atoms with Gasteiger partial charge in [-0.25, -0.2) is 0 Å². The van der Waals surface area contributed by atoms with Gasteiger partial charge in [0.05, 0.1) is 13.2 Å². The minimum Gasteiger partial charge on any atom is -0.377 e. The number of morpholine rings is 1. The third kappa shape index (κ3) is 2.47. The average molecular weight is 269 g/mol. The fourth-order valence-corrected chi connectivity index (χ4v) is 2.19. The summed E-state index contributed by atoms with van der Waals surface area (Å²) in [6.07, 6.45) is 0.717. The van der Waals surface area contributed by atoms with Crippen molar-refractivity contribution in [2.45, 2.75) is 6.04 Å². The van der Waals surface area contributed by atoms with Crippen LogP contribution in [0.3, 0.4) is 0 Å². The predicted octanol–water partition coefficient (Wildman–Crippen LogP) is 0.843. The number of aldehydes is 1. The number of rotatable bonds is 3. The number of amides is 1. The summed E-state index contributed by atoms with van der Waals surface area (Å²) in [6, 6.07) is 4.40. The zero-order valence-electron chi connectivity index (χ0n) is 9.64. The molecule has 1 aromatic carbocycles. The van der Waals surface area contributed by atoms with Crippen LogP contribution < -0.4 is 10.6 Å². The maximum Gasteiger partial charge on any atom is 0.242 e. The molecule has 0 aromatic heterocycles. The first kappa shape index (κ1) is 12.9. The van der Waals surface area contributed by atoms with E-state index in [9.17, 15) is 9.59 Å². The van der Waals surface area contributed by atoms with Gasteiger partial charge in [-0.3, -0.25) is 9.59 Å². The summed E-state index contributed by atoms with van der Waals surface area (Å²) in [7, 11) is 0. The van der Waals surface area contributed by atoms with E-state index in [0.29, 0.717) is 35.7 Å². The van der Waals surface area contributed by atoms with Crippen LogP contribution in [-0.2, 0) is 9.53 Å². The third-order valence-corrected chi connectivity index (χ3v) is 3.12. The maximum atomic E-state index is 11.4. The van der Waals surface area contributed by atoms with Crippen molar-refractivity contribution < 1.29 is 14.3 Å². The minimum absolute atomic E-state index is 0.232. The summed E-state index contributed by atoms with van der Waals surface area (Å²) in [5, 5.41) is 0.477. The molecule has 5 nitrogen and oxygen atoms in total. The molecular weight excluding hydrogens is 256 g/mol. The summed E-state index contributed by atoms with van der Waals surface area (Å²) < 4.78 is 5.24. The molecule has 1 atom stereocenters. The molecule has 1 heterocycles. The number of nitrogens with two attached hydrogens (primary N) is 1. The largest absolute Gasteiger partial charge is 0.377 e. The number of benzene rings is 1. The summed E-state index contributed by atoms with van der Waals surface area (Å²) >= 11 is 5.84. The van der Waals surface area contributed by atoms with Crippen LogP contribution in [0.15, 0.2) is 18.2 Å². The highest BCUT2D eigenvalue weighted by Gasteiger charge is 2.29. The summed E-state index contributed by atoms with van der Waals surface area (Å²) in [6.45, 7) is 1.23. The number of anilines is 1. The molecule has 1 amide bonds. The summed E-state index contributed by atoms with van der Waals surface area (Å²) in [5.74, 6) is -0.471. The number of carbonyl (C=O) groups is 2. The van der Waals surface area contributed by atoms with Gasteiger partial charge in [-0.05, 0) is 18.2 Å². The molecule has 6 heteroatoms. The fourth-order valence-electron chi connectivity index (χ4n) is 2.01. The van der Waals surface area contributed by atoms with Gasteiger partial charge in [-0.2, -0.15) is 0 Å². The van der Waals surface area contributed by atoms with Gasteiger partial charge in [0.25, 0.3) is 0 Å². The first-order chi connectivity index (χ1) is 8.63. The fraction of sp³-hybridized carbons (Fsp3) is 0.333. The number of nitrogens with zero attached hydrogens (tertiary/aromatic N) is 1. The number of halogens is 1. The monoisotopic (exact) mass is 268 g/mol. The van der Waals surface area contributed by atoms with Crippen LogP contribution in [0.1, 0.15) is 10.4 Å². The molecule has 1 saturated heterocycles. The summed E-state index contributed by atoms with van der Waals surface area (Å²) in [4.78, 5) is 24.2. The SMILES string of the molecule is NC(=O)C1COCCN1c1ccc(Cl)cc1C=O. The smallest absolute Gasteiger partial charge is 0.242 e. The lowest BCUT2D eigenvalue weighted by molar-refractivity contribution is -0.121. The highest BCUT2D eigenvalue weighted by atomic mass is 35.5.